The lowest BCUT2D eigenvalue weighted by Crippen LogP contribution is -2.10. The molecule has 0 unspecified atom stereocenters. The molecular weight excluding hydrogens is 301 g/mol. The van der Waals surface area contributed by atoms with E-state index in [1.54, 1.807) is 12.1 Å². The molecule has 100 valence electrons. The van der Waals surface area contributed by atoms with Crippen LogP contribution in [0.15, 0.2) is 35.4 Å². The lowest BCUT2D eigenvalue weighted by Gasteiger charge is -2.08. The van der Waals surface area contributed by atoms with Gasteiger partial charge in [-0.05, 0) is 18.2 Å². The Kier molecular flexibility index (Phi) is 3.08. The minimum Gasteiger partial charge on any atom is -0.505 e. The SMILES string of the molecule is O=c1[nH]c2nccnc2c(O)c1-c1cc(Cl)ccc1Cl. The van der Waals surface area contributed by atoms with Crippen LogP contribution in [0.5, 0.6) is 5.75 Å². The third kappa shape index (κ3) is 2.01. The number of H-pyrrole nitrogens is 1. The average Bonchev–Trinajstić information content (AvgIpc) is 2.42. The predicted octanol–water partition coefficient (Wildman–Crippen LogP) is 3.00. The number of aromatic amines is 1. The van der Waals surface area contributed by atoms with Crippen molar-refractivity contribution in [2.75, 3.05) is 0 Å². The third-order valence-electron chi connectivity index (χ3n) is 2.82. The molecule has 0 aliphatic heterocycles. The second kappa shape index (κ2) is 4.77. The van der Waals surface area contributed by atoms with E-state index in [0.717, 1.165) is 0 Å². The second-order valence-electron chi connectivity index (χ2n) is 4.06. The molecule has 2 heterocycles. The number of nitrogens with one attached hydrogen (secondary N) is 1. The molecule has 3 aromatic rings. The second-order valence-corrected chi connectivity index (χ2v) is 4.90. The number of hydrogen-bond donors (Lipinski definition) is 2. The highest BCUT2D eigenvalue weighted by Gasteiger charge is 2.17. The summed E-state index contributed by atoms with van der Waals surface area (Å²) in [5.41, 5.74) is 0.241. The van der Waals surface area contributed by atoms with Crippen LogP contribution in [0.3, 0.4) is 0 Å². The summed E-state index contributed by atoms with van der Waals surface area (Å²) in [4.78, 5) is 22.6. The number of hydrogen-bond acceptors (Lipinski definition) is 4. The molecule has 0 amide bonds. The van der Waals surface area contributed by atoms with E-state index in [-0.39, 0.29) is 22.5 Å². The van der Waals surface area contributed by atoms with Crippen molar-refractivity contribution in [1.82, 2.24) is 15.0 Å². The monoisotopic (exact) mass is 307 g/mol. The molecule has 20 heavy (non-hydrogen) atoms. The number of rotatable bonds is 1. The Morgan fingerprint density at radius 2 is 1.90 bits per heavy atom. The van der Waals surface area contributed by atoms with Crippen molar-refractivity contribution in [2.45, 2.75) is 0 Å². The largest absolute Gasteiger partial charge is 0.505 e. The predicted molar refractivity (Wildman–Crippen MR) is 77.3 cm³/mol. The van der Waals surface area contributed by atoms with Gasteiger partial charge in [0.05, 0.1) is 5.56 Å². The van der Waals surface area contributed by atoms with E-state index in [9.17, 15) is 9.90 Å². The third-order valence-corrected chi connectivity index (χ3v) is 3.38. The van der Waals surface area contributed by atoms with Crippen molar-refractivity contribution in [1.29, 1.82) is 0 Å². The van der Waals surface area contributed by atoms with Gasteiger partial charge < -0.3 is 10.1 Å². The first-order valence-corrected chi connectivity index (χ1v) is 6.35. The fraction of sp³-hybridized carbons (Fsp3) is 0. The maximum Gasteiger partial charge on any atom is 0.261 e. The zero-order valence-corrected chi connectivity index (χ0v) is 11.4. The molecule has 0 saturated heterocycles. The maximum absolute atomic E-state index is 12.1. The van der Waals surface area contributed by atoms with Gasteiger partial charge in [-0.15, -0.1) is 0 Å². The van der Waals surface area contributed by atoms with Crippen LogP contribution < -0.4 is 5.56 Å². The Morgan fingerprint density at radius 1 is 1.15 bits per heavy atom. The van der Waals surface area contributed by atoms with Gasteiger partial charge in [-0.1, -0.05) is 23.2 Å². The van der Waals surface area contributed by atoms with Crippen LogP contribution in [0.25, 0.3) is 22.3 Å². The summed E-state index contributed by atoms with van der Waals surface area (Å²) in [5.74, 6) is -0.277. The molecule has 0 aliphatic rings. The lowest BCUT2D eigenvalue weighted by molar-refractivity contribution is 0.481. The fourth-order valence-corrected chi connectivity index (χ4v) is 2.32. The van der Waals surface area contributed by atoms with E-state index in [4.69, 9.17) is 23.2 Å². The van der Waals surface area contributed by atoms with E-state index >= 15 is 0 Å². The number of aromatic nitrogens is 3. The topological polar surface area (TPSA) is 78.9 Å². The summed E-state index contributed by atoms with van der Waals surface area (Å²) < 4.78 is 0. The molecule has 2 aromatic heterocycles. The Bertz CT molecular complexity index is 877. The molecule has 0 saturated carbocycles. The zero-order chi connectivity index (χ0) is 14.3. The number of fused-ring (bicyclic) bond motifs is 1. The Morgan fingerprint density at radius 3 is 2.70 bits per heavy atom. The van der Waals surface area contributed by atoms with Crippen LogP contribution in [0, 0.1) is 0 Å². The van der Waals surface area contributed by atoms with Crippen LogP contribution in [-0.4, -0.2) is 20.1 Å². The first kappa shape index (κ1) is 12.9. The number of aromatic hydroxyl groups is 1. The molecule has 2 N–H and O–H groups in total. The van der Waals surface area contributed by atoms with Crippen molar-refractivity contribution in [3.8, 4) is 16.9 Å². The normalized spacial score (nSPS) is 10.9. The average molecular weight is 308 g/mol. The van der Waals surface area contributed by atoms with E-state index < -0.39 is 5.56 Å². The summed E-state index contributed by atoms with van der Waals surface area (Å²) in [5, 5.41) is 11.0. The van der Waals surface area contributed by atoms with Crippen molar-refractivity contribution in [2.24, 2.45) is 0 Å². The van der Waals surface area contributed by atoms with Gasteiger partial charge in [-0.25, -0.2) is 9.97 Å². The first-order chi connectivity index (χ1) is 9.58. The Labute approximate surface area is 122 Å². The molecule has 1 aromatic carbocycles. The maximum atomic E-state index is 12.1. The van der Waals surface area contributed by atoms with Gasteiger partial charge in [0.25, 0.3) is 5.56 Å². The van der Waals surface area contributed by atoms with Gasteiger partial charge in [-0.2, -0.15) is 0 Å². The summed E-state index contributed by atoms with van der Waals surface area (Å²) in [6.45, 7) is 0. The Hall–Kier alpha value is -2.11. The Balaban J connectivity index is 2.42. The smallest absolute Gasteiger partial charge is 0.261 e. The molecule has 0 atom stereocenters. The standard InChI is InChI=1S/C13H7Cl2N3O2/c14-6-1-2-8(15)7(5-6)9-11(19)10-12(18-13(9)20)17-4-3-16-10/h1-5H,(H2,17,18,19,20). The minimum absolute atomic E-state index is 0.0190. The molecule has 0 fully saturated rings. The minimum atomic E-state index is -0.514. The van der Waals surface area contributed by atoms with E-state index in [1.165, 1.54) is 18.5 Å². The van der Waals surface area contributed by atoms with E-state index in [1.807, 2.05) is 0 Å². The summed E-state index contributed by atoms with van der Waals surface area (Å²) in [7, 11) is 0. The van der Waals surface area contributed by atoms with Crippen LogP contribution >= 0.6 is 23.2 Å². The lowest BCUT2D eigenvalue weighted by atomic mass is 10.1. The molecule has 5 nitrogen and oxygen atoms in total. The highest BCUT2D eigenvalue weighted by atomic mass is 35.5. The molecule has 0 radical (unpaired) electrons. The molecule has 0 spiro atoms. The molecule has 7 heteroatoms. The van der Waals surface area contributed by atoms with Crippen molar-refractivity contribution in [3.05, 3.63) is 51.0 Å². The highest BCUT2D eigenvalue weighted by Crippen LogP contribution is 2.35. The first-order valence-electron chi connectivity index (χ1n) is 5.59. The van der Waals surface area contributed by atoms with Gasteiger partial charge in [-0.3, -0.25) is 4.79 Å². The summed E-state index contributed by atoms with van der Waals surface area (Å²) in [6, 6.07) is 4.66. The number of benzene rings is 1. The quantitative estimate of drug-likeness (QED) is 0.724. The van der Waals surface area contributed by atoms with Crippen molar-refractivity contribution in [3.63, 3.8) is 0 Å². The number of halogens is 2. The summed E-state index contributed by atoms with van der Waals surface area (Å²) in [6.07, 6.45) is 2.84. The molecule has 3 rings (SSSR count). The van der Waals surface area contributed by atoms with Gasteiger partial charge in [0.1, 0.15) is 5.52 Å². The fourth-order valence-electron chi connectivity index (χ4n) is 1.94. The van der Waals surface area contributed by atoms with Crippen LogP contribution in [0.1, 0.15) is 0 Å². The van der Waals surface area contributed by atoms with Crippen LogP contribution in [-0.2, 0) is 0 Å². The van der Waals surface area contributed by atoms with Crippen LogP contribution in [0.2, 0.25) is 10.0 Å². The van der Waals surface area contributed by atoms with E-state index in [2.05, 4.69) is 15.0 Å². The van der Waals surface area contributed by atoms with E-state index in [0.29, 0.717) is 15.6 Å². The van der Waals surface area contributed by atoms with Gasteiger partial charge in [0, 0.05) is 28.0 Å². The zero-order valence-electron chi connectivity index (χ0n) is 9.89. The van der Waals surface area contributed by atoms with Gasteiger partial charge in [0.15, 0.2) is 11.4 Å². The van der Waals surface area contributed by atoms with Gasteiger partial charge in [0.2, 0.25) is 0 Å². The summed E-state index contributed by atoms with van der Waals surface area (Å²) >= 11 is 12.0. The van der Waals surface area contributed by atoms with Crippen LogP contribution in [0.4, 0.5) is 0 Å². The number of pyridine rings is 1. The number of nitrogens with zero attached hydrogens (tertiary/aromatic N) is 2. The van der Waals surface area contributed by atoms with Crippen molar-refractivity contribution >= 4 is 34.4 Å². The van der Waals surface area contributed by atoms with Gasteiger partial charge >= 0.3 is 0 Å². The highest BCUT2D eigenvalue weighted by molar-refractivity contribution is 6.35. The molecular formula is C13H7Cl2N3O2. The molecule has 0 aliphatic carbocycles. The molecule has 0 bridgehead atoms. The van der Waals surface area contributed by atoms with Crippen molar-refractivity contribution < 1.29 is 5.11 Å².